The first-order valence-electron chi connectivity index (χ1n) is 6.38. The molecule has 1 heterocycles. The van der Waals surface area contributed by atoms with Crippen LogP contribution >= 0.6 is 11.8 Å². The van der Waals surface area contributed by atoms with Crippen molar-refractivity contribution in [3.05, 3.63) is 30.1 Å². The lowest BCUT2D eigenvalue weighted by atomic mass is 10.1. The molecular weight excluding hydrogens is 265 g/mol. The van der Waals surface area contributed by atoms with Gasteiger partial charge in [-0.25, -0.2) is 4.39 Å². The van der Waals surface area contributed by atoms with Crippen molar-refractivity contribution in [1.82, 2.24) is 4.90 Å². The second-order valence-electron chi connectivity index (χ2n) is 4.59. The molecule has 1 fully saturated rings. The van der Waals surface area contributed by atoms with Crippen LogP contribution in [0.4, 0.5) is 4.39 Å². The average molecular weight is 283 g/mol. The maximum Gasteiger partial charge on any atom is 0.310 e. The van der Waals surface area contributed by atoms with E-state index in [9.17, 15) is 9.18 Å². The predicted molar refractivity (Wildman–Crippen MR) is 73.7 cm³/mol. The van der Waals surface area contributed by atoms with Crippen LogP contribution in [0.3, 0.4) is 0 Å². The number of esters is 1. The summed E-state index contributed by atoms with van der Waals surface area (Å²) in [7, 11) is 1.43. The van der Waals surface area contributed by atoms with Crippen LogP contribution in [0.25, 0.3) is 0 Å². The number of ether oxygens (including phenoxy) is 1. The summed E-state index contributed by atoms with van der Waals surface area (Å²) in [5.74, 6) is 0.545. The Kier molecular flexibility index (Phi) is 5.22. The summed E-state index contributed by atoms with van der Waals surface area (Å²) in [6, 6.07) is 6.81. The zero-order valence-corrected chi connectivity index (χ0v) is 11.8. The fourth-order valence-electron chi connectivity index (χ4n) is 2.24. The molecule has 2 rings (SSSR count). The number of nitrogens with zero attached hydrogens (tertiary/aromatic N) is 1. The summed E-state index contributed by atoms with van der Waals surface area (Å²) in [5, 5.41) is 0. The zero-order chi connectivity index (χ0) is 13.7. The molecular formula is C14H18FNO2S. The lowest BCUT2D eigenvalue weighted by Gasteiger charge is -2.15. The van der Waals surface area contributed by atoms with Crippen molar-refractivity contribution in [1.29, 1.82) is 0 Å². The van der Waals surface area contributed by atoms with Crippen LogP contribution in [0.5, 0.6) is 0 Å². The number of hydrogen-bond donors (Lipinski definition) is 0. The fourth-order valence-corrected chi connectivity index (χ4v) is 3.19. The molecule has 0 N–H and O–H groups in total. The van der Waals surface area contributed by atoms with E-state index in [4.69, 9.17) is 4.74 Å². The van der Waals surface area contributed by atoms with E-state index in [0.717, 1.165) is 31.8 Å². The number of thioether (sulfide) groups is 1. The van der Waals surface area contributed by atoms with Gasteiger partial charge < -0.3 is 9.64 Å². The molecule has 0 aromatic heterocycles. The number of methoxy groups -OCH3 is 1. The van der Waals surface area contributed by atoms with Gasteiger partial charge >= 0.3 is 5.97 Å². The summed E-state index contributed by atoms with van der Waals surface area (Å²) < 4.78 is 18.2. The molecule has 1 saturated heterocycles. The van der Waals surface area contributed by atoms with Gasteiger partial charge in [-0.2, -0.15) is 0 Å². The van der Waals surface area contributed by atoms with Gasteiger partial charge in [0.05, 0.1) is 13.0 Å². The van der Waals surface area contributed by atoms with Crippen LogP contribution in [0.1, 0.15) is 6.42 Å². The van der Waals surface area contributed by atoms with Crippen LogP contribution < -0.4 is 0 Å². The normalized spacial score (nSPS) is 19.6. The number of benzene rings is 1. The first-order chi connectivity index (χ1) is 9.20. The van der Waals surface area contributed by atoms with Crippen LogP contribution in [0.2, 0.25) is 0 Å². The topological polar surface area (TPSA) is 29.5 Å². The third-order valence-electron chi connectivity index (χ3n) is 3.31. The van der Waals surface area contributed by atoms with Gasteiger partial charge in [-0.1, -0.05) is 12.1 Å². The van der Waals surface area contributed by atoms with E-state index in [1.54, 1.807) is 12.1 Å². The second-order valence-corrected chi connectivity index (χ2v) is 5.72. The van der Waals surface area contributed by atoms with Gasteiger partial charge in [0.1, 0.15) is 5.82 Å². The molecule has 0 radical (unpaired) electrons. The first kappa shape index (κ1) is 14.3. The number of carbonyl (C=O) groups is 1. The second kappa shape index (κ2) is 6.91. The Labute approximate surface area is 117 Å². The van der Waals surface area contributed by atoms with E-state index in [1.807, 2.05) is 6.07 Å². The Hall–Kier alpha value is -1.07. The van der Waals surface area contributed by atoms with E-state index >= 15 is 0 Å². The van der Waals surface area contributed by atoms with Gasteiger partial charge in [-0.05, 0) is 25.1 Å². The van der Waals surface area contributed by atoms with Crippen molar-refractivity contribution in [2.24, 2.45) is 5.92 Å². The molecule has 0 spiro atoms. The molecule has 0 aliphatic carbocycles. The zero-order valence-electron chi connectivity index (χ0n) is 11.0. The van der Waals surface area contributed by atoms with Crippen molar-refractivity contribution >= 4 is 17.7 Å². The number of hydrogen-bond acceptors (Lipinski definition) is 4. The van der Waals surface area contributed by atoms with E-state index in [2.05, 4.69) is 4.90 Å². The lowest BCUT2D eigenvalue weighted by Crippen LogP contribution is -2.26. The highest BCUT2D eigenvalue weighted by Crippen LogP contribution is 2.23. The van der Waals surface area contributed by atoms with Crippen LogP contribution in [-0.2, 0) is 9.53 Å². The summed E-state index contributed by atoms with van der Waals surface area (Å²) in [6.45, 7) is 2.54. The third kappa shape index (κ3) is 3.94. The van der Waals surface area contributed by atoms with E-state index in [0.29, 0.717) is 4.90 Å². The fraction of sp³-hybridized carbons (Fsp3) is 0.500. The molecule has 1 aliphatic heterocycles. The van der Waals surface area contributed by atoms with Crippen LogP contribution in [0, 0.1) is 11.7 Å². The van der Waals surface area contributed by atoms with Crippen LogP contribution in [0.15, 0.2) is 29.2 Å². The predicted octanol–water partition coefficient (Wildman–Crippen LogP) is 2.41. The molecule has 0 bridgehead atoms. The Balaban J connectivity index is 1.73. The highest BCUT2D eigenvalue weighted by molar-refractivity contribution is 7.99. The molecule has 104 valence electrons. The minimum Gasteiger partial charge on any atom is -0.469 e. The smallest absolute Gasteiger partial charge is 0.310 e. The number of carbonyl (C=O) groups excluding carboxylic acids is 1. The van der Waals surface area contributed by atoms with Gasteiger partial charge in [0.15, 0.2) is 0 Å². The summed E-state index contributed by atoms with van der Waals surface area (Å²) in [6.07, 6.45) is 0.858. The van der Waals surface area contributed by atoms with Crippen molar-refractivity contribution in [3.8, 4) is 0 Å². The monoisotopic (exact) mass is 283 g/mol. The summed E-state index contributed by atoms with van der Waals surface area (Å²) >= 11 is 1.52. The molecule has 5 heteroatoms. The quantitative estimate of drug-likeness (QED) is 0.613. The standard InChI is InChI=1S/C14H18FNO2S/c1-18-14(17)11-6-7-16(10-11)8-9-19-13-5-3-2-4-12(13)15/h2-5,11H,6-10H2,1H3. The third-order valence-corrected chi connectivity index (χ3v) is 4.34. The maximum atomic E-state index is 13.4. The Morgan fingerprint density at radius 2 is 2.32 bits per heavy atom. The SMILES string of the molecule is COC(=O)C1CCN(CCSc2ccccc2F)C1. The maximum absolute atomic E-state index is 13.4. The minimum atomic E-state index is -0.165. The number of likely N-dealkylation sites (tertiary alicyclic amines) is 1. The first-order valence-corrected chi connectivity index (χ1v) is 7.37. The van der Waals surface area contributed by atoms with E-state index in [1.165, 1.54) is 24.9 Å². The van der Waals surface area contributed by atoms with Gasteiger partial charge in [-0.3, -0.25) is 4.79 Å². The molecule has 0 amide bonds. The van der Waals surface area contributed by atoms with E-state index in [-0.39, 0.29) is 17.7 Å². The lowest BCUT2D eigenvalue weighted by molar-refractivity contribution is -0.144. The Morgan fingerprint density at radius 1 is 1.53 bits per heavy atom. The van der Waals surface area contributed by atoms with Crippen molar-refractivity contribution in [3.63, 3.8) is 0 Å². The highest BCUT2D eigenvalue weighted by atomic mass is 32.2. The molecule has 1 aromatic rings. The Morgan fingerprint density at radius 3 is 3.05 bits per heavy atom. The molecule has 1 aromatic carbocycles. The van der Waals surface area contributed by atoms with Gasteiger partial charge in [-0.15, -0.1) is 11.8 Å². The number of halogens is 1. The van der Waals surface area contributed by atoms with Crippen molar-refractivity contribution in [2.75, 3.05) is 32.5 Å². The van der Waals surface area contributed by atoms with Crippen molar-refractivity contribution in [2.45, 2.75) is 11.3 Å². The molecule has 3 nitrogen and oxygen atoms in total. The molecule has 0 saturated carbocycles. The molecule has 1 aliphatic rings. The average Bonchev–Trinajstić information content (AvgIpc) is 2.89. The van der Waals surface area contributed by atoms with Crippen molar-refractivity contribution < 1.29 is 13.9 Å². The highest BCUT2D eigenvalue weighted by Gasteiger charge is 2.28. The number of rotatable bonds is 5. The molecule has 1 unspecified atom stereocenters. The van der Waals surface area contributed by atoms with Gasteiger partial charge in [0.25, 0.3) is 0 Å². The molecule has 1 atom stereocenters. The Bertz CT molecular complexity index is 441. The molecule has 19 heavy (non-hydrogen) atoms. The van der Waals surface area contributed by atoms with E-state index < -0.39 is 0 Å². The summed E-state index contributed by atoms with van der Waals surface area (Å²) in [5.41, 5.74) is 0. The van der Waals surface area contributed by atoms with Gasteiger partial charge in [0, 0.05) is 23.7 Å². The summed E-state index contributed by atoms with van der Waals surface area (Å²) in [4.78, 5) is 14.3. The minimum absolute atomic E-state index is 0.00320. The largest absolute Gasteiger partial charge is 0.469 e. The van der Waals surface area contributed by atoms with Crippen LogP contribution in [-0.4, -0.2) is 43.4 Å². The van der Waals surface area contributed by atoms with Gasteiger partial charge in [0.2, 0.25) is 0 Å².